The second-order valence-electron chi connectivity index (χ2n) is 4.51. The summed E-state index contributed by atoms with van der Waals surface area (Å²) < 4.78 is 0. The molecule has 2 amide bonds. The van der Waals surface area contributed by atoms with Crippen LogP contribution in [0.2, 0.25) is 0 Å². The van der Waals surface area contributed by atoms with Gasteiger partial charge in [0.05, 0.1) is 0 Å². The fourth-order valence-corrected chi connectivity index (χ4v) is 2.48. The zero-order valence-corrected chi connectivity index (χ0v) is 12.4. The van der Waals surface area contributed by atoms with Crippen molar-refractivity contribution in [2.45, 2.75) is 26.2 Å². The number of anilines is 1. The molecule has 20 heavy (non-hydrogen) atoms. The van der Waals surface area contributed by atoms with E-state index >= 15 is 0 Å². The molecule has 106 valence electrons. The van der Waals surface area contributed by atoms with E-state index in [0.29, 0.717) is 6.54 Å². The number of nitrogens with zero attached hydrogens (tertiary/aromatic N) is 1. The summed E-state index contributed by atoms with van der Waals surface area (Å²) in [7, 11) is 0. The third kappa shape index (κ3) is 4.35. The second-order valence-corrected chi connectivity index (χ2v) is 5.40. The van der Waals surface area contributed by atoms with Crippen LogP contribution in [0.15, 0.2) is 35.8 Å². The predicted octanol–water partition coefficient (Wildman–Crippen LogP) is 4.12. The van der Waals surface area contributed by atoms with Crippen LogP contribution in [-0.4, -0.2) is 17.6 Å². The molecule has 0 spiro atoms. The summed E-state index contributed by atoms with van der Waals surface area (Å²) in [5, 5.41) is 8.60. The van der Waals surface area contributed by atoms with Crippen molar-refractivity contribution in [1.29, 1.82) is 0 Å². The van der Waals surface area contributed by atoms with Crippen LogP contribution in [0.4, 0.5) is 10.5 Å². The maximum absolute atomic E-state index is 11.7. The van der Waals surface area contributed by atoms with Crippen molar-refractivity contribution in [2.75, 3.05) is 11.9 Å². The Balaban J connectivity index is 1.90. The van der Waals surface area contributed by atoms with Crippen LogP contribution in [-0.2, 0) is 0 Å². The van der Waals surface area contributed by atoms with E-state index in [-0.39, 0.29) is 6.03 Å². The number of urea groups is 1. The molecule has 1 heterocycles. The molecule has 2 aromatic rings. The van der Waals surface area contributed by atoms with Gasteiger partial charge >= 0.3 is 6.03 Å². The molecule has 0 radical (unpaired) electrons. The molecule has 0 saturated carbocycles. The van der Waals surface area contributed by atoms with Crippen LogP contribution >= 0.6 is 11.3 Å². The van der Waals surface area contributed by atoms with Gasteiger partial charge in [-0.05, 0) is 18.6 Å². The van der Waals surface area contributed by atoms with Gasteiger partial charge in [-0.15, -0.1) is 11.3 Å². The first-order valence-electron chi connectivity index (χ1n) is 6.84. The molecule has 0 aliphatic heterocycles. The van der Waals surface area contributed by atoms with E-state index in [1.54, 1.807) is 17.5 Å². The van der Waals surface area contributed by atoms with E-state index in [0.717, 1.165) is 35.5 Å². The smallest absolute Gasteiger partial charge is 0.319 e. The summed E-state index contributed by atoms with van der Waals surface area (Å²) in [6.45, 7) is 2.86. The number of carbonyl (C=O) groups is 1. The van der Waals surface area contributed by atoms with Crippen molar-refractivity contribution in [3.05, 3.63) is 35.8 Å². The first-order chi connectivity index (χ1) is 9.79. The Morgan fingerprint density at radius 3 is 3.00 bits per heavy atom. The minimum atomic E-state index is -0.155. The molecule has 0 unspecified atom stereocenters. The fourth-order valence-electron chi connectivity index (χ4n) is 1.85. The topological polar surface area (TPSA) is 54.0 Å². The number of hydrogen-bond donors (Lipinski definition) is 2. The molecule has 0 atom stereocenters. The van der Waals surface area contributed by atoms with Gasteiger partial charge in [0, 0.05) is 29.4 Å². The molecular formula is C15H19N3OS. The number of aromatic nitrogens is 1. The number of hydrogen-bond acceptors (Lipinski definition) is 3. The van der Waals surface area contributed by atoms with Crippen molar-refractivity contribution in [3.8, 4) is 10.6 Å². The highest BCUT2D eigenvalue weighted by atomic mass is 32.1. The van der Waals surface area contributed by atoms with Crippen LogP contribution in [0.5, 0.6) is 0 Å². The lowest BCUT2D eigenvalue weighted by atomic mass is 10.2. The number of carbonyl (C=O) groups excluding carboxylic acids is 1. The quantitative estimate of drug-likeness (QED) is 0.786. The molecule has 1 aromatic carbocycles. The van der Waals surface area contributed by atoms with Crippen molar-refractivity contribution in [3.63, 3.8) is 0 Å². The number of thiazole rings is 1. The second kappa shape index (κ2) is 7.65. The van der Waals surface area contributed by atoms with E-state index in [1.165, 1.54) is 0 Å². The molecule has 0 aliphatic carbocycles. The molecule has 4 nitrogen and oxygen atoms in total. The van der Waals surface area contributed by atoms with Crippen molar-refractivity contribution < 1.29 is 4.79 Å². The Labute approximate surface area is 123 Å². The third-order valence-corrected chi connectivity index (χ3v) is 3.69. The summed E-state index contributed by atoms with van der Waals surface area (Å²) in [6, 6.07) is 7.57. The van der Waals surface area contributed by atoms with Crippen LogP contribution in [0.1, 0.15) is 26.2 Å². The maximum atomic E-state index is 11.7. The van der Waals surface area contributed by atoms with Crippen molar-refractivity contribution >= 4 is 23.1 Å². The first kappa shape index (κ1) is 14.5. The molecule has 0 aliphatic rings. The Hall–Kier alpha value is -1.88. The zero-order valence-electron chi connectivity index (χ0n) is 11.6. The summed E-state index contributed by atoms with van der Waals surface area (Å²) in [6.07, 6.45) is 5.09. The molecule has 0 fully saturated rings. The van der Waals surface area contributed by atoms with Crippen LogP contribution < -0.4 is 10.6 Å². The van der Waals surface area contributed by atoms with Crippen LogP contribution in [0, 0.1) is 0 Å². The Morgan fingerprint density at radius 2 is 2.25 bits per heavy atom. The molecule has 2 N–H and O–H groups in total. The molecule has 2 rings (SSSR count). The lowest BCUT2D eigenvalue weighted by Crippen LogP contribution is -2.29. The molecular weight excluding hydrogens is 270 g/mol. The summed E-state index contributed by atoms with van der Waals surface area (Å²) >= 11 is 1.58. The van der Waals surface area contributed by atoms with Crippen molar-refractivity contribution in [1.82, 2.24) is 10.3 Å². The first-order valence-corrected chi connectivity index (χ1v) is 7.72. The molecule has 5 heteroatoms. The molecule has 1 aromatic heterocycles. The van der Waals surface area contributed by atoms with E-state index in [2.05, 4.69) is 22.5 Å². The predicted molar refractivity (Wildman–Crippen MR) is 84.1 cm³/mol. The fraction of sp³-hybridized carbons (Fsp3) is 0.333. The van der Waals surface area contributed by atoms with E-state index in [4.69, 9.17) is 0 Å². The minimum absolute atomic E-state index is 0.155. The van der Waals surface area contributed by atoms with E-state index < -0.39 is 0 Å². The lowest BCUT2D eigenvalue weighted by molar-refractivity contribution is 0.252. The minimum Gasteiger partial charge on any atom is -0.338 e. The Kier molecular flexibility index (Phi) is 5.55. The standard InChI is InChI=1S/C15H19N3OS/c1-2-3-4-8-17-15(19)18-13-7-5-6-12(11-13)14-16-9-10-20-14/h5-7,9-11H,2-4,8H2,1H3,(H2,17,18,19). The van der Waals surface area contributed by atoms with Crippen LogP contribution in [0.3, 0.4) is 0 Å². The Morgan fingerprint density at radius 1 is 1.35 bits per heavy atom. The average molecular weight is 289 g/mol. The van der Waals surface area contributed by atoms with Gasteiger partial charge in [-0.1, -0.05) is 31.9 Å². The van der Waals surface area contributed by atoms with E-state index in [9.17, 15) is 4.79 Å². The number of nitrogens with one attached hydrogen (secondary N) is 2. The Bertz CT molecular complexity index is 540. The van der Waals surface area contributed by atoms with Gasteiger partial charge in [0.2, 0.25) is 0 Å². The average Bonchev–Trinajstić information content (AvgIpc) is 2.98. The van der Waals surface area contributed by atoms with Gasteiger partial charge in [0.25, 0.3) is 0 Å². The van der Waals surface area contributed by atoms with Gasteiger partial charge in [0.15, 0.2) is 0 Å². The third-order valence-electron chi connectivity index (χ3n) is 2.87. The number of benzene rings is 1. The summed E-state index contributed by atoms with van der Waals surface area (Å²) in [4.78, 5) is 16.0. The summed E-state index contributed by atoms with van der Waals surface area (Å²) in [5.41, 5.74) is 1.80. The number of rotatable bonds is 6. The highest BCUT2D eigenvalue weighted by molar-refractivity contribution is 7.13. The highest BCUT2D eigenvalue weighted by Crippen LogP contribution is 2.24. The van der Waals surface area contributed by atoms with Gasteiger partial charge < -0.3 is 10.6 Å². The number of amides is 2. The van der Waals surface area contributed by atoms with Gasteiger partial charge in [0.1, 0.15) is 5.01 Å². The van der Waals surface area contributed by atoms with E-state index in [1.807, 2.05) is 29.6 Å². The maximum Gasteiger partial charge on any atom is 0.319 e. The zero-order chi connectivity index (χ0) is 14.2. The van der Waals surface area contributed by atoms with Gasteiger partial charge in [-0.3, -0.25) is 0 Å². The molecule has 0 saturated heterocycles. The van der Waals surface area contributed by atoms with Gasteiger partial charge in [-0.2, -0.15) is 0 Å². The molecule has 0 bridgehead atoms. The normalized spacial score (nSPS) is 10.2. The summed E-state index contributed by atoms with van der Waals surface area (Å²) in [5.74, 6) is 0. The SMILES string of the molecule is CCCCCNC(=O)Nc1cccc(-c2nccs2)c1. The van der Waals surface area contributed by atoms with Gasteiger partial charge in [-0.25, -0.2) is 9.78 Å². The number of unbranched alkanes of at least 4 members (excludes halogenated alkanes) is 2. The largest absolute Gasteiger partial charge is 0.338 e. The van der Waals surface area contributed by atoms with Crippen molar-refractivity contribution in [2.24, 2.45) is 0 Å². The lowest BCUT2D eigenvalue weighted by Gasteiger charge is -2.08. The highest BCUT2D eigenvalue weighted by Gasteiger charge is 2.04. The monoisotopic (exact) mass is 289 g/mol. The van der Waals surface area contributed by atoms with Crippen LogP contribution in [0.25, 0.3) is 10.6 Å².